The zero-order chi connectivity index (χ0) is 13.1. The summed E-state index contributed by atoms with van der Waals surface area (Å²) in [7, 11) is 0. The van der Waals surface area contributed by atoms with Crippen LogP contribution in [0.3, 0.4) is 0 Å². The van der Waals surface area contributed by atoms with Crippen LogP contribution in [0.5, 0.6) is 0 Å². The summed E-state index contributed by atoms with van der Waals surface area (Å²) in [5.74, 6) is 0. The Labute approximate surface area is 102 Å². The van der Waals surface area contributed by atoms with Crippen LogP contribution in [0.25, 0.3) is 11.3 Å². The van der Waals surface area contributed by atoms with Gasteiger partial charge in [-0.05, 0) is 6.07 Å². The first-order valence-electron chi connectivity index (χ1n) is 5.04. The zero-order valence-corrected chi connectivity index (χ0v) is 9.20. The second-order valence-corrected chi connectivity index (χ2v) is 3.53. The lowest BCUT2D eigenvalue weighted by Gasteiger charge is -2.04. The minimum Gasteiger partial charge on any atom is -0.393 e. The maximum absolute atomic E-state index is 10.8. The number of benzene rings is 1. The SMILES string of the molecule is N#Cc1nc(-c2ccccc2)cc(N)c1[N+](=O)[O-]. The van der Waals surface area contributed by atoms with Crippen LogP contribution in [-0.4, -0.2) is 9.91 Å². The molecule has 0 saturated carbocycles. The van der Waals surface area contributed by atoms with Crippen LogP contribution in [0.2, 0.25) is 0 Å². The van der Waals surface area contributed by atoms with Gasteiger partial charge in [0.25, 0.3) is 0 Å². The molecule has 0 spiro atoms. The second-order valence-electron chi connectivity index (χ2n) is 3.53. The molecule has 0 amide bonds. The van der Waals surface area contributed by atoms with Gasteiger partial charge in [-0.25, -0.2) is 4.98 Å². The molecule has 0 aliphatic carbocycles. The first-order chi connectivity index (χ1) is 8.63. The molecule has 0 aliphatic heterocycles. The summed E-state index contributed by atoms with van der Waals surface area (Å²) in [5.41, 5.74) is 6.00. The molecule has 1 heterocycles. The minimum absolute atomic E-state index is 0.0644. The Morgan fingerprint density at radius 1 is 1.33 bits per heavy atom. The quantitative estimate of drug-likeness (QED) is 0.639. The number of anilines is 1. The fourth-order valence-corrected chi connectivity index (χ4v) is 1.58. The Hall–Kier alpha value is -2.94. The van der Waals surface area contributed by atoms with E-state index in [4.69, 9.17) is 11.0 Å². The topological polar surface area (TPSA) is 106 Å². The summed E-state index contributed by atoms with van der Waals surface area (Å²) in [6, 6.07) is 12.1. The monoisotopic (exact) mass is 240 g/mol. The Kier molecular flexibility index (Phi) is 2.89. The van der Waals surface area contributed by atoms with E-state index in [-0.39, 0.29) is 11.4 Å². The third kappa shape index (κ3) is 1.97. The molecule has 6 heteroatoms. The van der Waals surface area contributed by atoms with Gasteiger partial charge in [0.15, 0.2) is 0 Å². The summed E-state index contributed by atoms with van der Waals surface area (Å²) >= 11 is 0. The normalized spacial score (nSPS) is 9.72. The third-order valence-corrected chi connectivity index (χ3v) is 2.38. The van der Waals surface area contributed by atoms with Crippen molar-refractivity contribution in [2.75, 3.05) is 5.73 Å². The summed E-state index contributed by atoms with van der Waals surface area (Å²) in [5, 5.41) is 19.7. The van der Waals surface area contributed by atoms with Crippen LogP contribution in [0, 0.1) is 21.4 Å². The van der Waals surface area contributed by atoms with Gasteiger partial charge in [-0.1, -0.05) is 30.3 Å². The summed E-state index contributed by atoms with van der Waals surface area (Å²) in [4.78, 5) is 14.0. The van der Waals surface area contributed by atoms with E-state index in [1.165, 1.54) is 6.07 Å². The molecule has 2 rings (SSSR count). The maximum Gasteiger partial charge on any atom is 0.328 e. The maximum atomic E-state index is 10.8. The molecule has 0 aliphatic rings. The molecule has 6 nitrogen and oxygen atoms in total. The number of hydrogen-bond acceptors (Lipinski definition) is 5. The molecule has 0 radical (unpaired) electrons. The van der Waals surface area contributed by atoms with Crippen molar-refractivity contribution in [1.82, 2.24) is 4.98 Å². The first kappa shape index (κ1) is 11.5. The van der Waals surface area contributed by atoms with E-state index in [0.29, 0.717) is 5.69 Å². The van der Waals surface area contributed by atoms with Gasteiger partial charge >= 0.3 is 5.69 Å². The summed E-state index contributed by atoms with van der Waals surface area (Å²) in [6.45, 7) is 0. The Morgan fingerprint density at radius 2 is 2.00 bits per heavy atom. The summed E-state index contributed by atoms with van der Waals surface area (Å²) < 4.78 is 0. The van der Waals surface area contributed by atoms with Crippen molar-refractivity contribution in [3.63, 3.8) is 0 Å². The molecule has 1 aromatic carbocycles. The molecule has 0 unspecified atom stereocenters. The Morgan fingerprint density at radius 3 is 2.56 bits per heavy atom. The number of nitro groups is 1. The van der Waals surface area contributed by atoms with E-state index >= 15 is 0 Å². The van der Waals surface area contributed by atoms with E-state index in [2.05, 4.69) is 4.98 Å². The molecule has 88 valence electrons. The molecule has 0 fully saturated rings. The average molecular weight is 240 g/mol. The van der Waals surface area contributed by atoms with E-state index in [1.807, 2.05) is 6.07 Å². The average Bonchev–Trinajstić information content (AvgIpc) is 2.38. The zero-order valence-electron chi connectivity index (χ0n) is 9.20. The number of nitriles is 1. The van der Waals surface area contributed by atoms with Crippen molar-refractivity contribution < 1.29 is 4.92 Å². The highest BCUT2D eigenvalue weighted by Gasteiger charge is 2.21. The number of nitrogens with zero attached hydrogens (tertiary/aromatic N) is 3. The molecule has 0 atom stereocenters. The smallest absolute Gasteiger partial charge is 0.328 e. The first-order valence-corrected chi connectivity index (χ1v) is 5.04. The van der Waals surface area contributed by atoms with Crippen molar-refractivity contribution in [2.24, 2.45) is 0 Å². The molecular formula is C12H8N4O2. The van der Waals surface area contributed by atoms with Gasteiger partial charge in [-0.15, -0.1) is 0 Å². The number of hydrogen-bond donors (Lipinski definition) is 1. The minimum atomic E-state index is -0.699. The van der Waals surface area contributed by atoms with Crippen LogP contribution in [0.15, 0.2) is 36.4 Å². The summed E-state index contributed by atoms with van der Waals surface area (Å²) in [6.07, 6.45) is 0. The number of nitrogens with two attached hydrogens (primary N) is 1. The largest absolute Gasteiger partial charge is 0.393 e. The lowest BCUT2D eigenvalue weighted by molar-refractivity contribution is -0.384. The van der Waals surface area contributed by atoms with Crippen LogP contribution >= 0.6 is 0 Å². The van der Waals surface area contributed by atoms with Gasteiger partial charge in [0, 0.05) is 5.56 Å². The molecule has 18 heavy (non-hydrogen) atoms. The van der Waals surface area contributed by atoms with Gasteiger partial charge in [0.05, 0.1) is 10.6 Å². The molecule has 2 aromatic rings. The van der Waals surface area contributed by atoms with E-state index < -0.39 is 10.6 Å². The van der Waals surface area contributed by atoms with Crippen molar-refractivity contribution in [3.8, 4) is 17.3 Å². The number of pyridine rings is 1. The highest BCUT2D eigenvalue weighted by atomic mass is 16.6. The van der Waals surface area contributed by atoms with Gasteiger partial charge in [-0.2, -0.15) is 5.26 Å². The molecule has 1 aromatic heterocycles. The fraction of sp³-hybridized carbons (Fsp3) is 0. The van der Waals surface area contributed by atoms with Crippen LogP contribution in [0.4, 0.5) is 11.4 Å². The van der Waals surface area contributed by atoms with Crippen molar-refractivity contribution >= 4 is 11.4 Å². The standard InChI is InChI=1S/C12H8N4O2/c13-7-11-12(16(17)18)9(14)6-10(15-11)8-4-2-1-3-5-8/h1-6H,(H2,14,15). The second kappa shape index (κ2) is 4.51. The van der Waals surface area contributed by atoms with Crippen molar-refractivity contribution in [1.29, 1.82) is 5.26 Å². The highest BCUT2D eigenvalue weighted by molar-refractivity contribution is 5.72. The highest BCUT2D eigenvalue weighted by Crippen LogP contribution is 2.29. The molecule has 0 saturated heterocycles. The van der Waals surface area contributed by atoms with E-state index in [0.717, 1.165) is 5.56 Å². The Balaban J connectivity index is 2.65. The van der Waals surface area contributed by atoms with Gasteiger partial charge in [-0.3, -0.25) is 10.1 Å². The molecule has 0 bridgehead atoms. The van der Waals surface area contributed by atoms with Gasteiger partial charge in [0.1, 0.15) is 11.8 Å². The predicted molar refractivity (Wildman–Crippen MR) is 65.5 cm³/mol. The lowest BCUT2D eigenvalue weighted by atomic mass is 10.1. The predicted octanol–water partition coefficient (Wildman–Crippen LogP) is 2.11. The number of nitrogen functional groups attached to an aromatic ring is 1. The number of rotatable bonds is 2. The molecule has 2 N–H and O–H groups in total. The lowest BCUT2D eigenvalue weighted by Crippen LogP contribution is -2.02. The van der Waals surface area contributed by atoms with Crippen LogP contribution in [0.1, 0.15) is 5.69 Å². The van der Waals surface area contributed by atoms with Crippen LogP contribution in [-0.2, 0) is 0 Å². The van der Waals surface area contributed by atoms with Crippen molar-refractivity contribution in [2.45, 2.75) is 0 Å². The Bertz CT molecular complexity index is 647. The van der Waals surface area contributed by atoms with Crippen molar-refractivity contribution in [3.05, 3.63) is 52.2 Å². The van der Waals surface area contributed by atoms with E-state index in [9.17, 15) is 10.1 Å². The van der Waals surface area contributed by atoms with E-state index in [1.54, 1.807) is 30.3 Å². The van der Waals surface area contributed by atoms with Gasteiger partial charge in [0.2, 0.25) is 5.69 Å². The third-order valence-electron chi connectivity index (χ3n) is 2.38. The fourth-order valence-electron chi connectivity index (χ4n) is 1.58. The number of aromatic nitrogens is 1. The van der Waals surface area contributed by atoms with Crippen LogP contribution < -0.4 is 5.73 Å². The van der Waals surface area contributed by atoms with Gasteiger partial charge < -0.3 is 5.73 Å². The molecular weight excluding hydrogens is 232 g/mol.